The summed E-state index contributed by atoms with van der Waals surface area (Å²) in [6, 6.07) is 9.62. The smallest absolute Gasteiger partial charge is 0.240 e. The van der Waals surface area contributed by atoms with Crippen LogP contribution in [-0.2, 0) is 10.0 Å². The molecule has 176 valence electrons. The van der Waals surface area contributed by atoms with Gasteiger partial charge in [-0.05, 0) is 30.9 Å². The van der Waals surface area contributed by atoms with Crippen LogP contribution in [0.5, 0.6) is 0 Å². The van der Waals surface area contributed by atoms with Crippen molar-refractivity contribution in [2.75, 3.05) is 36.5 Å². The van der Waals surface area contributed by atoms with Crippen LogP contribution in [0.15, 0.2) is 34.9 Å². The van der Waals surface area contributed by atoms with Crippen molar-refractivity contribution < 1.29 is 12.9 Å². The zero-order valence-corrected chi connectivity index (χ0v) is 19.7. The molecule has 0 spiro atoms. The van der Waals surface area contributed by atoms with Gasteiger partial charge in [-0.25, -0.2) is 12.7 Å². The summed E-state index contributed by atoms with van der Waals surface area (Å²) < 4.78 is 32.0. The normalized spacial score (nSPS) is 15.8. The summed E-state index contributed by atoms with van der Waals surface area (Å²) in [5, 5.41) is 4.04. The van der Waals surface area contributed by atoms with E-state index < -0.39 is 10.0 Å². The molecule has 3 aromatic rings. The Hall–Kier alpha value is -3.12. The van der Waals surface area contributed by atoms with Crippen LogP contribution in [0.2, 0.25) is 0 Å². The highest BCUT2D eigenvalue weighted by Crippen LogP contribution is 2.30. The first kappa shape index (κ1) is 23.1. The fraction of sp³-hybridized carbons (Fsp3) is 0.476. The molecule has 33 heavy (non-hydrogen) atoms. The van der Waals surface area contributed by atoms with Gasteiger partial charge in [-0.3, -0.25) is 0 Å². The van der Waals surface area contributed by atoms with Gasteiger partial charge in [0.1, 0.15) is 0 Å². The van der Waals surface area contributed by atoms with Crippen molar-refractivity contribution in [2.45, 2.75) is 32.6 Å². The minimum atomic E-state index is -3.25. The van der Waals surface area contributed by atoms with E-state index in [1.165, 1.54) is 0 Å². The van der Waals surface area contributed by atoms with Crippen LogP contribution in [0.25, 0.3) is 11.6 Å². The number of rotatable bonds is 7. The first-order valence-electron chi connectivity index (χ1n) is 10.8. The molecule has 0 unspecified atom stereocenters. The Morgan fingerprint density at radius 1 is 1.09 bits per heavy atom. The standard InChI is InChI=1S/C21H28N8O3S/c1-14(2)13-33(30,31)29-11-9-15(10-12-29)19-23-18(27-32-19)17-24-20(22)26-21(25-17)28(3)16-7-5-4-6-8-16/h4-8,14-15H,9-13H2,1-3H3,(H2,22,24,25,26). The first-order chi connectivity index (χ1) is 15.7. The number of anilines is 3. The van der Waals surface area contributed by atoms with E-state index in [1.54, 1.807) is 9.21 Å². The van der Waals surface area contributed by atoms with E-state index in [2.05, 4.69) is 25.1 Å². The second kappa shape index (κ2) is 9.40. The molecule has 0 bridgehead atoms. The summed E-state index contributed by atoms with van der Waals surface area (Å²) in [4.78, 5) is 19.1. The molecular formula is C21H28N8O3S. The highest BCUT2D eigenvalue weighted by atomic mass is 32.2. The Bertz CT molecular complexity index is 1190. The lowest BCUT2D eigenvalue weighted by molar-refractivity contribution is 0.270. The van der Waals surface area contributed by atoms with Gasteiger partial charge in [0, 0.05) is 31.7 Å². The SMILES string of the molecule is CC(C)CS(=O)(=O)N1CCC(c2nc(-c3nc(N)nc(N(C)c4ccccc4)n3)no2)CC1. The molecule has 4 rings (SSSR count). The lowest BCUT2D eigenvalue weighted by Crippen LogP contribution is -2.40. The average molecular weight is 473 g/mol. The van der Waals surface area contributed by atoms with Crippen LogP contribution >= 0.6 is 0 Å². The summed E-state index contributed by atoms with van der Waals surface area (Å²) in [6.07, 6.45) is 1.22. The molecule has 11 nitrogen and oxygen atoms in total. The average Bonchev–Trinajstić information content (AvgIpc) is 3.28. The Morgan fingerprint density at radius 3 is 2.45 bits per heavy atom. The maximum Gasteiger partial charge on any atom is 0.240 e. The molecule has 0 amide bonds. The first-order valence-corrected chi connectivity index (χ1v) is 12.5. The second-order valence-corrected chi connectivity index (χ2v) is 10.5. The molecule has 0 saturated carbocycles. The van der Waals surface area contributed by atoms with Crippen molar-refractivity contribution in [3.05, 3.63) is 36.2 Å². The molecule has 0 atom stereocenters. The van der Waals surface area contributed by atoms with E-state index >= 15 is 0 Å². The van der Waals surface area contributed by atoms with Gasteiger partial charge in [0.2, 0.25) is 39.5 Å². The number of hydrogen-bond acceptors (Lipinski definition) is 10. The molecule has 2 N–H and O–H groups in total. The van der Waals surface area contributed by atoms with Gasteiger partial charge in [-0.2, -0.15) is 19.9 Å². The molecular weight excluding hydrogens is 444 g/mol. The highest BCUT2D eigenvalue weighted by Gasteiger charge is 2.31. The zero-order chi connectivity index (χ0) is 23.6. The van der Waals surface area contributed by atoms with E-state index in [0.717, 1.165) is 5.69 Å². The number of nitrogens with zero attached hydrogens (tertiary/aromatic N) is 7. The summed E-state index contributed by atoms with van der Waals surface area (Å²) in [5.74, 6) is 1.51. The number of nitrogen functional groups attached to an aromatic ring is 1. The Morgan fingerprint density at radius 2 is 1.79 bits per heavy atom. The fourth-order valence-corrected chi connectivity index (χ4v) is 5.62. The molecule has 2 aromatic heterocycles. The van der Waals surface area contributed by atoms with Gasteiger partial charge in [-0.15, -0.1) is 0 Å². The van der Waals surface area contributed by atoms with E-state index in [1.807, 2.05) is 51.2 Å². The highest BCUT2D eigenvalue weighted by molar-refractivity contribution is 7.89. The third-order valence-corrected chi connectivity index (χ3v) is 7.71. The van der Waals surface area contributed by atoms with Crippen molar-refractivity contribution in [1.82, 2.24) is 29.4 Å². The van der Waals surface area contributed by atoms with Crippen LogP contribution in [0, 0.1) is 5.92 Å². The maximum absolute atomic E-state index is 12.5. The Labute approximate surface area is 193 Å². The third kappa shape index (κ3) is 5.28. The van der Waals surface area contributed by atoms with Gasteiger partial charge < -0.3 is 15.2 Å². The zero-order valence-electron chi connectivity index (χ0n) is 18.9. The molecule has 1 aliphatic heterocycles. The Balaban J connectivity index is 1.49. The molecule has 1 saturated heterocycles. The van der Waals surface area contributed by atoms with Gasteiger partial charge in [0.05, 0.1) is 5.75 Å². The number of benzene rings is 1. The van der Waals surface area contributed by atoms with Crippen LogP contribution in [0.4, 0.5) is 17.6 Å². The fourth-order valence-electron chi connectivity index (χ4n) is 3.80. The van der Waals surface area contributed by atoms with E-state index in [9.17, 15) is 8.42 Å². The van der Waals surface area contributed by atoms with Crippen molar-refractivity contribution in [1.29, 1.82) is 0 Å². The second-order valence-electron chi connectivity index (χ2n) is 8.51. The third-order valence-electron chi connectivity index (χ3n) is 5.47. The van der Waals surface area contributed by atoms with Gasteiger partial charge >= 0.3 is 0 Å². The molecule has 1 aromatic carbocycles. The molecule has 0 aliphatic carbocycles. The van der Waals surface area contributed by atoms with E-state index in [0.29, 0.717) is 37.8 Å². The maximum atomic E-state index is 12.5. The summed E-state index contributed by atoms with van der Waals surface area (Å²) in [5.41, 5.74) is 6.81. The monoisotopic (exact) mass is 472 g/mol. The van der Waals surface area contributed by atoms with Crippen molar-refractivity contribution in [2.24, 2.45) is 5.92 Å². The van der Waals surface area contributed by atoms with Gasteiger partial charge in [0.15, 0.2) is 0 Å². The molecule has 0 radical (unpaired) electrons. The minimum absolute atomic E-state index is 0.0256. The largest absolute Gasteiger partial charge is 0.368 e. The minimum Gasteiger partial charge on any atom is -0.368 e. The lowest BCUT2D eigenvalue weighted by Gasteiger charge is -2.30. The van der Waals surface area contributed by atoms with Crippen molar-refractivity contribution in [3.63, 3.8) is 0 Å². The molecule has 12 heteroatoms. The van der Waals surface area contributed by atoms with Crippen molar-refractivity contribution in [3.8, 4) is 11.6 Å². The van der Waals surface area contributed by atoms with Crippen LogP contribution in [0.3, 0.4) is 0 Å². The van der Waals surface area contributed by atoms with E-state index in [-0.39, 0.29) is 35.2 Å². The number of sulfonamides is 1. The number of nitrogens with two attached hydrogens (primary N) is 1. The van der Waals surface area contributed by atoms with Crippen LogP contribution < -0.4 is 10.6 Å². The van der Waals surface area contributed by atoms with Crippen molar-refractivity contribution >= 4 is 27.6 Å². The predicted octanol–water partition coefficient (Wildman–Crippen LogP) is 2.44. The Kier molecular flexibility index (Phi) is 6.56. The summed E-state index contributed by atoms with van der Waals surface area (Å²) in [6.45, 7) is 4.67. The van der Waals surface area contributed by atoms with Crippen LogP contribution in [-0.4, -0.2) is 63.7 Å². The number of para-hydroxylation sites is 1. The summed E-state index contributed by atoms with van der Waals surface area (Å²) >= 11 is 0. The van der Waals surface area contributed by atoms with Crippen LogP contribution in [0.1, 0.15) is 38.5 Å². The molecule has 3 heterocycles. The van der Waals surface area contributed by atoms with Gasteiger partial charge in [0.25, 0.3) is 0 Å². The predicted molar refractivity (Wildman–Crippen MR) is 124 cm³/mol. The molecule has 1 aliphatic rings. The molecule has 1 fully saturated rings. The van der Waals surface area contributed by atoms with E-state index in [4.69, 9.17) is 10.3 Å². The quantitative estimate of drug-likeness (QED) is 0.544. The number of hydrogen-bond donors (Lipinski definition) is 1. The lowest BCUT2D eigenvalue weighted by atomic mass is 9.98. The topological polar surface area (TPSA) is 144 Å². The summed E-state index contributed by atoms with van der Waals surface area (Å²) in [7, 11) is -1.42. The number of piperidine rings is 1. The van der Waals surface area contributed by atoms with Gasteiger partial charge in [-0.1, -0.05) is 37.2 Å². The number of aromatic nitrogens is 5.